The van der Waals surface area contributed by atoms with Crippen LogP contribution in [0.2, 0.25) is 0 Å². The first kappa shape index (κ1) is 7.53. The van der Waals surface area contributed by atoms with Gasteiger partial charge in [-0.1, -0.05) is 0 Å². The molecule has 0 radical (unpaired) electrons. The molecule has 0 N–H and O–H groups in total. The molecule has 11 heavy (non-hydrogen) atoms. The van der Waals surface area contributed by atoms with Crippen molar-refractivity contribution in [2.45, 2.75) is 37.3 Å². The first-order valence-electron chi connectivity index (χ1n) is 4.08. The van der Waals surface area contributed by atoms with Crippen LogP contribution in [0.4, 0.5) is 0 Å². The highest BCUT2D eigenvalue weighted by atomic mass is 16.6. The molecule has 1 saturated carbocycles. The Kier molecular flexibility index (Phi) is 1.87. The van der Waals surface area contributed by atoms with Gasteiger partial charge < -0.3 is 14.2 Å². The number of methoxy groups -OCH3 is 2. The minimum Gasteiger partial charge on any atom is -0.379 e. The van der Waals surface area contributed by atoms with Crippen LogP contribution in [0.3, 0.4) is 0 Å². The van der Waals surface area contributed by atoms with Gasteiger partial charge in [0.2, 0.25) is 0 Å². The van der Waals surface area contributed by atoms with E-state index in [0.29, 0.717) is 12.2 Å². The molecule has 2 aliphatic rings. The molecule has 4 atom stereocenters. The van der Waals surface area contributed by atoms with Gasteiger partial charge in [-0.3, -0.25) is 0 Å². The first-order chi connectivity index (χ1) is 5.36. The van der Waals surface area contributed by atoms with Crippen LogP contribution < -0.4 is 0 Å². The maximum atomic E-state index is 5.41. The summed E-state index contributed by atoms with van der Waals surface area (Å²) in [5.74, 6) is 0. The Labute approximate surface area is 66.6 Å². The summed E-state index contributed by atoms with van der Waals surface area (Å²) in [4.78, 5) is 0. The van der Waals surface area contributed by atoms with E-state index in [1.165, 1.54) is 0 Å². The Hall–Kier alpha value is -0.120. The maximum absolute atomic E-state index is 5.41. The van der Waals surface area contributed by atoms with Crippen molar-refractivity contribution >= 4 is 0 Å². The van der Waals surface area contributed by atoms with Gasteiger partial charge in [-0.2, -0.15) is 0 Å². The summed E-state index contributed by atoms with van der Waals surface area (Å²) in [5, 5.41) is 0. The van der Waals surface area contributed by atoms with Crippen molar-refractivity contribution < 1.29 is 14.2 Å². The molecule has 0 spiro atoms. The summed E-state index contributed by atoms with van der Waals surface area (Å²) in [6.45, 7) is 0. The van der Waals surface area contributed by atoms with Crippen LogP contribution in [-0.4, -0.2) is 38.6 Å². The molecule has 1 saturated heterocycles. The van der Waals surface area contributed by atoms with E-state index in [9.17, 15) is 0 Å². The fourth-order valence-corrected chi connectivity index (χ4v) is 1.92. The largest absolute Gasteiger partial charge is 0.379 e. The Morgan fingerprint density at radius 1 is 1.18 bits per heavy atom. The lowest BCUT2D eigenvalue weighted by atomic mass is 9.95. The number of rotatable bonds is 2. The van der Waals surface area contributed by atoms with Gasteiger partial charge in [0.1, 0.15) is 12.2 Å². The summed E-state index contributed by atoms with van der Waals surface area (Å²) >= 11 is 0. The van der Waals surface area contributed by atoms with Crippen molar-refractivity contribution in [3.63, 3.8) is 0 Å². The number of ether oxygens (including phenoxy) is 3. The zero-order valence-electron chi connectivity index (χ0n) is 6.95. The predicted octanol–water partition coefficient (Wildman–Crippen LogP) is 0.578. The minimum atomic E-state index is 0.166. The number of hydrogen-bond acceptors (Lipinski definition) is 3. The molecule has 0 amide bonds. The van der Waals surface area contributed by atoms with Crippen LogP contribution in [0, 0.1) is 0 Å². The van der Waals surface area contributed by atoms with Gasteiger partial charge in [-0.05, 0) is 12.8 Å². The average molecular weight is 158 g/mol. The first-order valence-corrected chi connectivity index (χ1v) is 4.08. The quantitative estimate of drug-likeness (QED) is 0.551. The van der Waals surface area contributed by atoms with E-state index in [1.807, 2.05) is 0 Å². The fourth-order valence-electron chi connectivity index (χ4n) is 1.92. The number of fused-ring (bicyclic) bond motifs is 1. The van der Waals surface area contributed by atoms with Crippen LogP contribution in [0.15, 0.2) is 0 Å². The van der Waals surface area contributed by atoms with E-state index in [0.717, 1.165) is 12.8 Å². The van der Waals surface area contributed by atoms with Crippen molar-refractivity contribution in [2.24, 2.45) is 0 Å². The molecule has 0 aromatic rings. The highest BCUT2D eigenvalue weighted by Crippen LogP contribution is 2.38. The van der Waals surface area contributed by atoms with Gasteiger partial charge in [-0.15, -0.1) is 0 Å². The average Bonchev–Trinajstić information content (AvgIpc) is 2.80. The lowest BCUT2D eigenvalue weighted by Crippen LogP contribution is -2.38. The Morgan fingerprint density at radius 2 is 2.00 bits per heavy atom. The smallest absolute Gasteiger partial charge is 0.113 e. The van der Waals surface area contributed by atoms with E-state index in [-0.39, 0.29) is 12.2 Å². The molecular weight excluding hydrogens is 144 g/mol. The topological polar surface area (TPSA) is 31.0 Å². The van der Waals surface area contributed by atoms with E-state index in [4.69, 9.17) is 14.2 Å². The summed E-state index contributed by atoms with van der Waals surface area (Å²) in [6, 6.07) is 0. The third kappa shape index (κ3) is 1.17. The molecule has 0 bridgehead atoms. The summed E-state index contributed by atoms with van der Waals surface area (Å²) in [7, 11) is 3.46. The van der Waals surface area contributed by atoms with Crippen LogP contribution in [0.5, 0.6) is 0 Å². The molecule has 0 aromatic heterocycles. The lowest BCUT2D eigenvalue weighted by molar-refractivity contribution is -0.0551. The molecule has 1 heterocycles. The molecule has 64 valence electrons. The van der Waals surface area contributed by atoms with Gasteiger partial charge in [0.15, 0.2) is 0 Å². The van der Waals surface area contributed by atoms with Crippen molar-refractivity contribution in [2.75, 3.05) is 14.2 Å². The molecular formula is C8H14O3. The second kappa shape index (κ2) is 2.73. The molecule has 1 aliphatic heterocycles. The third-order valence-corrected chi connectivity index (χ3v) is 2.62. The van der Waals surface area contributed by atoms with Gasteiger partial charge in [-0.25, -0.2) is 0 Å². The Morgan fingerprint density at radius 3 is 2.64 bits per heavy atom. The second-order valence-electron chi connectivity index (χ2n) is 3.19. The molecule has 0 aromatic carbocycles. The van der Waals surface area contributed by atoms with Gasteiger partial charge in [0, 0.05) is 14.2 Å². The molecule has 3 heteroatoms. The fraction of sp³-hybridized carbons (Fsp3) is 1.00. The van der Waals surface area contributed by atoms with Crippen molar-refractivity contribution in [1.82, 2.24) is 0 Å². The van der Waals surface area contributed by atoms with E-state index < -0.39 is 0 Å². The standard InChI is InChI=1S/C8H14O3/c1-9-5-3-4-6-8(11-6)7(5)10-2/h5-8H,3-4H2,1-2H3. The van der Waals surface area contributed by atoms with E-state index in [1.54, 1.807) is 14.2 Å². The Balaban J connectivity index is 1.98. The van der Waals surface area contributed by atoms with Gasteiger partial charge in [0.25, 0.3) is 0 Å². The van der Waals surface area contributed by atoms with Gasteiger partial charge in [0.05, 0.1) is 12.2 Å². The summed E-state index contributed by atoms with van der Waals surface area (Å²) < 4.78 is 16.0. The van der Waals surface area contributed by atoms with Crippen molar-refractivity contribution in [3.8, 4) is 0 Å². The zero-order chi connectivity index (χ0) is 7.84. The van der Waals surface area contributed by atoms with E-state index >= 15 is 0 Å². The summed E-state index contributed by atoms with van der Waals surface area (Å²) in [5.41, 5.74) is 0. The van der Waals surface area contributed by atoms with Crippen LogP contribution in [0.1, 0.15) is 12.8 Å². The second-order valence-corrected chi connectivity index (χ2v) is 3.19. The maximum Gasteiger partial charge on any atom is 0.113 e. The third-order valence-electron chi connectivity index (χ3n) is 2.62. The van der Waals surface area contributed by atoms with Crippen LogP contribution in [-0.2, 0) is 14.2 Å². The van der Waals surface area contributed by atoms with Crippen LogP contribution in [0.25, 0.3) is 0 Å². The highest BCUT2D eigenvalue weighted by Gasteiger charge is 2.51. The zero-order valence-corrected chi connectivity index (χ0v) is 6.95. The van der Waals surface area contributed by atoms with Gasteiger partial charge >= 0.3 is 0 Å². The molecule has 4 unspecified atom stereocenters. The van der Waals surface area contributed by atoms with Crippen LogP contribution >= 0.6 is 0 Å². The predicted molar refractivity (Wildman–Crippen MR) is 39.5 cm³/mol. The normalized spacial score (nSPS) is 48.5. The molecule has 2 rings (SSSR count). The van der Waals surface area contributed by atoms with Crippen molar-refractivity contribution in [3.05, 3.63) is 0 Å². The van der Waals surface area contributed by atoms with E-state index in [2.05, 4.69) is 0 Å². The van der Waals surface area contributed by atoms with Crippen molar-refractivity contribution in [1.29, 1.82) is 0 Å². The monoisotopic (exact) mass is 158 g/mol. The SMILES string of the molecule is COC1CCC2OC2C1OC. The number of hydrogen-bond donors (Lipinski definition) is 0. The highest BCUT2D eigenvalue weighted by molar-refractivity contribution is 5.00. The Bertz CT molecular complexity index is 148. The number of epoxide rings is 1. The lowest BCUT2D eigenvalue weighted by Gasteiger charge is -2.26. The molecule has 3 nitrogen and oxygen atoms in total. The minimum absolute atomic E-state index is 0.166. The summed E-state index contributed by atoms with van der Waals surface area (Å²) in [6.07, 6.45) is 3.38. The molecule has 1 aliphatic carbocycles. The molecule has 2 fully saturated rings.